The van der Waals surface area contributed by atoms with Crippen LogP contribution >= 0.6 is 0 Å². The zero-order valence-electron chi connectivity index (χ0n) is 37.5. The van der Waals surface area contributed by atoms with Gasteiger partial charge in [0.05, 0.1) is 22.4 Å². The summed E-state index contributed by atoms with van der Waals surface area (Å²) in [5, 5.41) is 2.48. The van der Waals surface area contributed by atoms with Crippen molar-refractivity contribution in [3.8, 4) is 72.4 Å². The molecule has 0 spiro atoms. The minimum atomic E-state index is 1.06. The van der Waals surface area contributed by atoms with Crippen LogP contribution in [0.15, 0.2) is 279 Å². The van der Waals surface area contributed by atoms with E-state index in [9.17, 15) is 0 Å². The predicted octanol–water partition coefficient (Wildman–Crippen LogP) is 18.3. The van der Waals surface area contributed by atoms with E-state index in [1.54, 1.807) is 0 Å². The van der Waals surface area contributed by atoms with Gasteiger partial charge in [0.1, 0.15) is 0 Å². The number of rotatable bonds is 10. The minimum Gasteiger partial charge on any atom is -0.309 e. The molecule has 0 radical (unpaired) electrons. The van der Waals surface area contributed by atoms with Crippen molar-refractivity contribution < 1.29 is 0 Å². The van der Waals surface area contributed by atoms with Crippen LogP contribution in [-0.2, 0) is 0 Å². The van der Waals surface area contributed by atoms with Gasteiger partial charge in [-0.1, -0.05) is 231 Å². The number of hydrogen-bond acceptors (Lipinski definition) is 1. The third-order valence-electron chi connectivity index (χ3n) is 13.2. The lowest BCUT2D eigenvalue weighted by molar-refractivity contribution is 1.18. The van der Waals surface area contributed by atoms with Crippen molar-refractivity contribution >= 4 is 38.9 Å². The molecule has 11 aromatic carbocycles. The van der Waals surface area contributed by atoms with E-state index in [0.717, 1.165) is 67.3 Å². The number of fused-ring (bicyclic) bond motifs is 3. The predicted molar refractivity (Wildman–Crippen MR) is 288 cm³/mol. The first-order valence-electron chi connectivity index (χ1n) is 23.3. The van der Waals surface area contributed by atoms with Gasteiger partial charge in [-0.3, -0.25) is 0 Å². The molecule has 320 valence electrons. The van der Waals surface area contributed by atoms with Crippen molar-refractivity contribution in [1.29, 1.82) is 0 Å². The second kappa shape index (κ2) is 17.8. The Balaban J connectivity index is 1.10. The van der Waals surface area contributed by atoms with Crippen LogP contribution in [0.5, 0.6) is 0 Å². The van der Waals surface area contributed by atoms with Crippen molar-refractivity contribution in [2.24, 2.45) is 0 Å². The standard InChI is InChI=1S/C66H46N2/c1-5-21-47(22-6-1)48-39-41-51(42-40-48)57-32-15-17-36-62(57)68(64-38-20-35-58(50-25-9-3-10-26-50)66(64)61-34-14-13-31-56(61)49-23-7-2-8-24-49)55-30-19-27-52(45-55)53-43-44-60-59-33-16-18-37-63(59)67(65(60)46-53)54-28-11-4-12-29-54/h1-46H. The maximum atomic E-state index is 2.49. The van der Waals surface area contributed by atoms with Gasteiger partial charge in [-0.15, -0.1) is 0 Å². The second-order valence-corrected chi connectivity index (χ2v) is 17.2. The first-order valence-corrected chi connectivity index (χ1v) is 23.3. The van der Waals surface area contributed by atoms with Gasteiger partial charge in [-0.2, -0.15) is 0 Å². The number of para-hydroxylation sites is 3. The molecule has 0 atom stereocenters. The highest BCUT2D eigenvalue weighted by molar-refractivity contribution is 6.10. The molecule has 0 aliphatic heterocycles. The summed E-state index contributed by atoms with van der Waals surface area (Å²) in [7, 11) is 0. The maximum absolute atomic E-state index is 2.49. The maximum Gasteiger partial charge on any atom is 0.0547 e. The van der Waals surface area contributed by atoms with Crippen LogP contribution in [0.3, 0.4) is 0 Å². The van der Waals surface area contributed by atoms with Crippen molar-refractivity contribution in [3.05, 3.63) is 279 Å². The lowest BCUT2D eigenvalue weighted by Crippen LogP contribution is -2.13. The van der Waals surface area contributed by atoms with E-state index in [2.05, 4.69) is 289 Å². The van der Waals surface area contributed by atoms with Crippen molar-refractivity contribution in [1.82, 2.24) is 4.57 Å². The van der Waals surface area contributed by atoms with Crippen LogP contribution in [0.2, 0.25) is 0 Å². The van der Waals surface area contributed by atoms with Crippen molar-refractivity contribution in [3.63, 3.8) is 0 Å². The molecule has 0 amide bonds. The number of benzene rings is 11. The molecule has 0 saturated heterocycles. The van der Waals surface area contributed by atoms with E-state index in [4.69, 9.17) is 0 Å². The minimum absolute atomic E-state index is 1.06. The Hall–Kier alpha value is -8.98. The average Bonchev–Trinajstić information content (AvgIpc) is 3.76. The monoisotopic (exact) mass is 866 g/mol. The summed E-state index contributed by atoms with van der Waals surface area (Å²) < 4.78 is 2.40. The van der Waals surface area contributed by atoms with Crippen LogP contribution < -0.4 is 4.90 Å². The summed E-state index contributed by atoms with van der Waals surface area (Å²) >= 11 is 0. The quantitative estimate of drug-likeness (QED) is 0.133. The zero-order valence-corrected chi connectivity index (χ0v) is 37.5. The first kappa shape index (κ1) is 40.5. The third-order valence-corrected chi connectivity index (χ3v) is 13.2. The van der Waals surface area contributed by atoms with Gasteiger partial charge < -0.3 is 9.47 Å². The molecule has 0 bridgehead atoms. The average molecular weight is 867 g/mol. The van der Waals surface area contributed by atoms with E-state index >= 15 is 0 Å². The van der Waals surface area contributed by atoms with Gasteiger partial charge in [0, 0.05) is 33.3 Å². The van der Waals surface area contributed by atoms with Crippen LogP contribution in [-0.4, -0.2) is 4.57 Å². The number of aromatic nitrogens is 1. The highest BCUT2D eigenvalue weighted by Crippen LogP contribution is 2.50. The van der Waals surface area contributed by atoms with Crippen LogP contribution in [0, 0.1) is 0 Å². The van der Waals surface area contributed by atoms with Gasteiger partial charge in [0.15, 0.2) is 0 Å². The van der Waals surface area contributed by atoms with E-state index in [1.165, 1.54) is 44.1 Å². The SMILES string of the molecule is c1ccc(-c2ccc(-c3ccccc3N(c3cccc(-c4ccc5c6ccccc6n(-c6ccccc6)c5c4)c3)c3cccc(-c4ccccc4)c3-c3ccccc3-c3ccccc3)cc2)cc1. The number of hydrogen-bond donors (Lipinski definition) is 0. The van der Waals surface area contributed by atoms with Gasteiger partial charge >= 0.3 is 0 Å². The molecule has 2 nitrogen and oxygen atoms in total. The molecule has 0 aliphatic carbocycles. The smallest absolute Gasteiger partial charge is 0.0547 e. The van der Waals surface area contributed by atoms with Gasteiger partial charge in [-0.05, 0) is 104 Å². The molecule has 12 rings (SSSR count). The van der Waals surface area contributed by atoms with Crippen LogP contribution in [0.1, 0.15) is 0 Å². The number of nitrogens with zero attached hydrogens (tertiary/aromatic N) is 2. The topological polar surface area (TPSA) is 8.17 Å². The van der Waals surface area contributed by atoms with E-state index in [-0.39, 0.29) is 0 Å². The highest BCUT2D eigenvalue weighted by Gasteiger charge is 2.25. The van der Waals surface area contributed by atoms with Gasteiger partial charge in [0.2, 0.25) is 0 Å². The molecule has 68 heavy (non-hydrogen) atoms. The molecule has 12 aromatic rings. The van der Waals surface area contributed by atoms with E-state index in [1.807, 2.05) is 0 Å². The molecule has 0 fully saturated rings. The number of anilines is 3. The van der Waals surface area contributed by atoms with Crippen LogP contribution in [0.25, 0.3) is 94.3 Å². The Morgan fingerprint density at radius 2 is 0.706 bits per heavy atom. The Morgan fingerprint density at radius 3 is 1.44 bits per heavy atom. The Kier molecular flexibility index (Phi) is 10.6. The Morgan fingerprint density at radius 1 is 0.250 bits per heavy atom. The van der Waals surface area contributed by atoms with Gasteiger partial charge in [-0.25, -0.2) is 0 Å². The first-order chi connectivity index (χ1) is 33.8. The lowest BCUT2D eigenvalue weighted by atomic mass is 9.87. The fraction of sp³-hybridized carbons (Fsp3) is 0. The normalized spacial score (nSPS) is 11.2. The summed E-state index contributed by atoms with van der Waals surface area (Å²) in [6.07, 6.45) is 0. The summed E-state index contributed by atoms with van der Waals surface area (Å²) in [5.41, 5.74) is 20.7. The molecular formula is C66H46N2. The molecule has 0 saturated carbocycles. The molecular weight excluding hydrogens is 821 g/mol. The molecule has 0 N–H and O–H groups in total. The third kappa shape index (κ3) is 7.45. The van der Waals surface area contributed by atoms with Crippen LogP contribution in [0.4, 0.5) is 17.1 Å². The second-order valence-electron chi connectivity index (χ2n) is 17.2. The van der Waals surface area contributed by atoms with E-state index in [0.29, 0.717) is 0 Å². The summed E-state index contributed by atoms with van der Waals surface area (Å²) in [6, 6.07) is 101. The lowest BCUT2D eigenvalue weighted by Gasteiger charge is -2.32. The fourth-order valence-corrected chi connectivity index (χ4v) is 10.1. The fourth-order valence-electron chi connectivity index (χ4n) is 10.1. The van der Waals surface area contributed by atoms with E-state index < -0.39 is 0 Å². The largest absolute Gasteiger partial charge is 0.309 e. The van der Waals surface area contributed by atoms with Crippen molar-refractivity contribution in [2.45, 2.75) is 0 Å². The molecule has 0 aliphatic rings. The Bertz CT molecular complexity index is 3710. The summed E-state index contributed by atoms with van der Waals surface area (Å²) in [5.74, 6) is 0. The Labute approximate surface area is 397 Å². The summed E-state index contributed by atoms with van der Waals surface area (Å²) in [6.45, 7) is 0. The molecule has 2 heteroatoms. The molecule has 1 heterocycles. The zero-order chi connectivity index (χ0) is 45.2. The van der Waals surface area contributed by atoms with Gasteiger partial charge in [0.25, 0.3) is 0 Å². The molecule has 1 aromatic heterocycles. The highest BCUT2D eigenvalue weighted by atomic mass is 15.1. The summed E-state index contributed by atoms with van der Waals surface area (Å²) in [4.78, 5) is 2.49. The molecule has 0 unspecified atom stereocenters. The van der Waals surface area contributed by atoms with Crippen molar-refractivity contribution in [2.75, 3.05) is 4.90 Å².